The van der Waals surface area contributed by atoms with Gasteiger partial charge in [0.15, 0.2) is 0 Å². The third-order valence-corrected chi connectivity index (χ3v) is 2.94. The van der Waals surface area contributed by atoms with Gasteiger partial charge in [0.1, 0.15) is 0 Å². The maximum absolute atomic E-state index is 5.63. The van der Waals surface area contributed by atoms with E-state index < -0.39 is 0 Å². The van der Waals surface area contributed by atoms with Crippen molar-refractivity contribution in [2.45, 2.75) is 19.4 Å². The molecule has 0 aliphatic carbocycles. The van der Waals surface area contributed by atoms with E-state index in [0.717, 1.165) is 12.1 Å². The average molecular weight is 230 g/mol. The van der Waals surface area contributed by atoms with Gasteiger partial charge in [-0.1, -0.05) is 29.8 Å². The Labute approximate surface area is 101 Å². The van der Waals surface area contributed by atoms with Crippen molar-refractivity contribution in [3.63, 3.8) is 0 Å². The van der Waals surface area contributed by atoms with E-state index in [4.69, 9.17) is 5.84 Å². The van der Waals surface area contributed by atoms with Crippen LogP contribution in [0.15, 0.2) is 36.5 Å². The van der Waals surface area contributed by atoms with Crippen molar-refractivity contribution in [2.75, 3.05) is 0 Å². The van der Waals surface area contributed by atoms with Gasteiger partial charge in [-0.25, -0.2) is 0 Å². The van der Waals surface area contributed by atoms with Gasteiger partial charge in [0, 0.05) is 13.2 Å². The summed E-state index contributed by atoms with van der Waals surface area (Å²) in [6.07, 6.45) is 2.65. The molecule has 1 heterocycles. The predicted octanol–water partition coefficient (Wildman–Crippen LogP) is 1.48. The highest BCUT2D eigenvalue weighted by Crippen LogP contribution is 2.17. The normalized spacial score (nSPS) is 12.6. The van der Waals surface area contributed by atoms with Gasteiger partial charge in [-0.2, -0.15) is 5.10 Å². The Bertz CT molecular complexity index is 490. The van der Waals surface area contributed by atoms with Crippen LogP contribution in [0.4, 0.5) is 0 Å². The van der Waals surface area contributed by atoms with Gasteiger partial charge in [0.2, 0.25) is 0 Å². The number of nitrogens with zero attached hydrogens (tertiary/aromatic N) is 2. The SMILES string of the molecule is Cc1cccc(CC(NN)c2ccnn2C)c1. The predicted molar refractivity (Wildman–Crippen MR) is 68.2 cm³/mol. The zero-order valence-electron chi connectivity index (χ0n) is 10.2. The van der Waals surface area contributed by atoms with Crippen LogP contribution in [0.25, 0.3) is 0 Å². The molecule has 1 unspecified atom stereocenters. The lowest BCUT2D eigenvalue weighted by Crippen LogP contribution is -2.31. The first kappa shape index (κ1) is 11.8. The monoisotopic (exact) mass is 230 g/mol. The fourth-order valence-electron chi connectivity index (χ4n) is 2.05. The lowest BCUT2D eigenvalue weighted by molar-refractivity contribution is 0.508. The van der Waals surface area contributed by atoms with Crippen LogP contribution in [0, 0.1) is 6.92 Å². The Morgan fingerprint density at radius 1 is 1.41 bits per heavy atom. The van der Waals surface area contributed by atoms with Crippen molar-refractivity contribution in [3.05, 3.63) is 53.3 Å². The summed E-state index contributed by atoms with van der Waals surface area (Å²) in [5, 5.41) is 4.17. The van der Waals surface area contributed by atoms with Crippen LogP contribution in [-0.2, 0) is 13.5 Å². The van der Waals surface area contributed by atoms with Gasteiger partial charge in [-0.15, -0.1) is 0 Å². The minimum absolute atomic E-state index is 0.0873. The average Bonchev–Trinajstić information content (AvgIpc) is 2.72. The molecule has 1 aromatic carbocycles. The molecule has 0 aliphatic rings. The fourth-order valence-corrected chi connectivity index (χ4v) is 2.05. The molecule has 0 saturated heterocycles. The molecule has 2 aromatic rings. The number of aromatic nitrogens is 2. The summed E-state index contributed by atoms with van der Waals surface area (Å²) in [5.41, 5.74) is 6.48. The molecule has 4 nitrogen and oxygen atoms in total. The van der Waals surface area contributed by atoms with Crippen LogP contribution in [0.2, 0.25) is 0 Å². The van der Waals surface area contributed by atoms with E-state index in [0.29, 0.717) is 0 Å². The molecule has 4 heteroatoms. The number of aryl methyl sites for hydroxylation is 2. The quantitative estimate of drug-likeness (QED) is 0.618. The maximum atomic E-state index is 5.63. The van der Waals surface area contributed by atoms with E-state index in [-0.39, 0.29) is 6.04 Å². The zero-order chi connectivity index (χ0) is 12.3. The standard InChI is InChI=1S/C13H18N4/c1-10-4-3-5-11(8-10)9-12(16-14)13-6-7-15-17(13)2/h3-8,12,16H,9,14H2,1-2H3. The van der Waals surface area contributed by atoms with Gasteiger partial charge < -0.3 is 0 Å². The molecule has 0 spiro atoms. The number of rotatable bonds is 4. The molecule has 0 aliphatic heterocycles. The lowest BCUT2D eigenvalue weighted by Gasteiger charge is -2.16. The Kier molecular flexibility index (Phi) is 3.56. The van der Waals surface area contributed by atoms with Gasteiger partial charge in [0.25, 0.3) is 0 Å². The molecule has 1 atom stereocenters. The molecule has 2 rings (SSSR count). The van der Waals surface area contributed by atoms with Gasteiger partial charge >= 0.3 is 0 Å². The number of benzene rings is 1. The number of hydrogen-bond acceptors (Lipinski definition) is 3. The Morgan fingerprint density at radius 2 is 2.24 bits per heavy atom. The molecule has 0 saturated carbocycles. The van der Waals surface area contributed by atoms with Crippen molar-refractivity contribution in [2.24, 2.45) is 12.9 Å². The maximum Gasteiger partial charge on any atom is 0.0669 e. The summed E-state index contributed by atoms with van der Waals surface area (Å²) in [6.45, 7) is 2.10. The molecule has 17 heavy (non-hydrogen) atoms. The first-order valence-corrected chi connectivity index (χ1v) is 5.70. The third kappa shape index (κ3) is 2.72. The Morgan fingerprint density at radius 3 is 2.82 bits per heavy atom. The highest BCUT2D eigenvalue weighted by Gasteiger charge is 2.13. The van der Waals surface area contributed by atoms with Crippen LogP contribution in [0.1, 0.15) is 22.9 Å². The summed E-state index contributed by atoms with van der Waals surface area (Å²) in [6, 6.07) is 10.5. The first-order chi connectivity index (χ1) is 8.20. The van der Waals surface area contributed by atoms with Crippen molar-refractivity contribution >= 4 is 0 Å². The second-order valence-corrected chi connectivity index (χ2v) is 4.29. The first-order valence-electron chi connectivity index (χ1n) is 5.70. The van der Waals surface area contributed by atoms with Gasteiger partial charge in [-0.05, 0) is 25.0 Å². The third-order valence-electron chi connectivity index (χ3n) is 2.94. The summed E-state index contributed by atoms with van der Waals surface area (Å²) < 4.78 is 1.85. The summed E-state index contributed by atoms with van der Waals surface area (Å²) >= 11 is 0. The highest BCUT2D eigenvalue weighted by atomic mass is 15.3. The number of hydrogen-bond donors (Lipinski definition) is 2. The minimum Gasteiger partial charge on any atom is -0.271 e. The van der Waals surface area contributed by atoms with Gasteiger partial charge in [-0.3, -0.25) is 16.0 Å². The van der Waals surface area contributed by atoms with E-state index in [9.17, 15) is 0 Å². The Balaban J connectivity index is 2.19. The van der Waals surface area contributed by atoms with Crippen LogP contribution >= 0.6 is 0 Å². The molecule has 0 amide bonds. The van der Waals surface area contributed by atoms with E-state index in [2.05, 4.69) is 41.7 Å². The number of nitrogens with one attached hydrogen (secondary N) is 1. The molecule has 1 aromatic heterocycles. The Hall–Kier alpha value is -1.65. The van der Waals surface area contributed by atoms with E-state index in [1.54, 1.807) is 6.20 Å². The lowest BCUT2D eigenvalue weighted by atomic mass is 10.0. The fraction of sp³-hybridized carbons (Fsp3) is 0.308. The molecule has 3 N–H and O–H groups in total. The molecular weight excluding hydrogens is 212 g/mol. The van der Waals surface area contributed by atoms with E-state index >= 15 is 0 Å². The topological polar surface area (TPSA) is 55.9 Å². The summed E-state index contributed by atoms with van der Waals surface area (Å²) in [5.74, 6) is 5.63. The second-order valence-electron chi connectivity index (χ2n) is 4.29. The highest BCUT2D eigenvalue weighted by molar-refractivity contribution is 5.24. The van der Waals surface area contributed by atoms with Crippen LogP contribution < -0.4 is 11.3 Å². The molecule has 0 bridgehead atoms. The van der Waals surface area contributed by atoms with Gasteiger partial charge in [0.05, 0.1) is 11.7 Å². The molecule has 0 radical (unpaired) electrons. The van der Waals surface area contributed by atoms with Crippen molar-refractivity contribution in [3.8, 4) is 0 Å². The largest absolute Gasteiger partial charge is 0.271 e. The van der Waals surface area contributed by atoms with Crippen molar-refractivity contribution in [1.29, 1.82) is 0 Å². The zero-order valence-corrected chi connectivity index (χ0v) is 10.2. The molecule has 0 fully saturated rings. The van der Waals surface area contributed by atoms with Crippen molar-refractivity contribution in [1.82, 2.24) is 15.2 Å². The number of hydrazine groups is 1. The second kappa shape index (κ2) is 5.12. The minimum atomic E-state index is 0.0873. The smallest absolute Gasteiger partial charge is 0.0669 e. The summed E-state index contributed by atoms with van der Waals surface area (Å²) in [4.78, 5) is 0. The van der Waals surface area contributed by atoms with Crippen molar-refractivity contribution < 1.29 is 0 Å². The van der Waals surface area contributed by atoms with Crippen LogP contribution in [0.5, 0.6) is 0 Å². The summed E-state index contributed by atoms with van der Waals surface area (Å²) in [7, 11) is 1.93. The van der Waals surface area contributed by atoms with E-state index in [1.165, 1.54) is 11.1 Å². The number of nitrogens with two attached hydrogens (primary N) is 1. The van der Waals surface area contributed by atoms with Crippen LogP contribution in [-0.4, -0.2) is 9.78 Å². The van der Waals surface area contributed by atoms with E-state index in [1.807, 2.05) is 17.8 Å². The van der Waals surface area contributed by atoms with Crippen LogP contribution in [0.3, 0.4) is 0 Å². The molecule has 90 valence electrons. The molecular formula is C13H18N4.